The Morgan fingerprint density at radius 3 is 2.65 bits per heavy atom. The van der Waals surface area contributed by atoms with Crippen LogP contribution in [0.4, 0.5) is 0 Å². The molecule has 0 saturated carbocycles. The Hall–Kier alpha value is -1.88. The predicted molar refractivity (Wildman–Crippen MR) is 93.4 cm³/mol. The quantitative estimate of drug-likeness (QED) is 0.771. The Bertz CT molecular complexity index is 677. The van der Waals surface area contributed by atoms with Crippen molar-refractivity contribution in [2.24, 2.45) is 5.92 Å². The van der Waals surface area contributed by atoms with Crippen LogP contribution in [0.2, 0.25) is 0 Å². The summed E-state index contributed by atoms with van der Waals surface area (Å²) in [6, 6.07) is 9.93. The lowest BCUT2D eigenvalue weighted by Gasteiger charge is -2.21. The van der Waals surface area contributed by atoms with Crippen molar-refractivity contribution in [1.29, 1.82) is 0 Å². The fourth-order valence-electron chi connectivity index (χ4n) is 2.59. The zero-order chi connectivity index (χ0) is 16.7. The number of nitrogens with zero attached hydrogens (tertiary/aromatic N) is 1. The van der Waals surface area contributed by atoms with E-state index in [1.165, 1.54) is 5.41 Å². The fraction of sp³-hybridized carbons (Fsp3) is 0.389. The first-order valence-electron chi connectivity index (χ1n) is 7.90. The summed E-state index contributed by atoms with van der Waals surface area (Å²) in [6.45, 7) is 3.26. The molecule has 0 aromatic heterocycles. The van der Waals surface area contributed by atoms with Gasteiger partial charge in [-0.05, 0) is 12.0 Å². The number of hydrogen-bond acceptors (Lipinski definition) is 3. The largest absolute Gasteiger partial charge is 0.339 e. The molecule has 1 aliphatic rings. The molecule has 0 radical (unpaired) electrons. The van der Waals surface area contributed by atoms with Crippen LogP contribution in [0.15, 0.2) is 47.9 Å². The standard InChI is InChI=1S/C18H23NO3S/c1-2-11-19(12-6-9-16-7-4-3-5-8-16)18(20)14-17-10-13-23(21,22)15-17/h3-10,13,17H,2,11-12,14-15H2,1H3/b9-6+/t17-/m1/s1. The van der Waals surface area contributed by atoms with E-state index in [4.69, 9.17) is 0 Å². The molecule has 23 heavy (non-hydrogen) atoms. The van der Waals surface area contributed by atoms with Crippen LogP contribution in [-0.2, 0) is 14.6 Å². The molecule has 1 aromatic rings. The van der Waals surface area contributed by atoms with Gasteiger partial charge in [-0.15, -0.1) is 0 Å². The summed E-state index contributed by atoms with van der Waals surface area (Å²) in [5.41, 5.74) is 1.10. The minimum absolute atomic E-state index is 0.0105. The van der Waals surface area contributed by atoms with Crippen molar-refractivity contribution in [3.05, 3.63) is 53.5 Å². The van der Waals surface area contributed by atoms with E-state index in [9.17, 15) is 13.2 Å². The smallest absolute Gasteiger partial charge is 0.223 e. The van der Waals surface area contributed by atoms with E-state index in [-0.39, 0.29) is 24.0 Å². The second kappa shape index (κ2) is 8.11. The van der Waals surface area contributed by atoms with E-state index < -0.39 is 9.84 Å². The summed E-state index contributed by atoms with van der Waals surface area (Å²) in [7, 11) is -3.10. The highest BCUT2D eigenvalue weighted by atomic mass is 32.2. The lowest BCUT2D eigenvalue weighted by atomic mass is 10.1. The van der Waals surface area contributed by atoms with Gasteiger partial charge < -0.3 is 4.90 Å². The second-order valence-corrected chi connectivity index (χ2v) is 7.71. The number of carbonyl (C=O) groups is 1. The van der Waals surface area contributed by atoms with Crippen LogP contribution in [0.3, 0.4) is 0 Å². The van der Waals surface area contributed by atoms with Gasteiger partial charge in [-0.25, -0.2) is 8.42 Å². The molecule has 0 aliphatic carbocycles. The van der Waals surface area contributed by atoms with Crippen molar-refractivity contribution in [2.45, 2.75) is 19.8 Å². The molecule has 1 atom stereocenters. The minimum Gasteiger partial charge on any atom is -0.339 e. The highest BCUT2D eigenvalue weighted by Crippen LogP contribution is 2.19. The molecule has 0 bridgehead atoms. The predicted octanol–water partition coefficient (Wildman–Crippen LogP) is 2.89. The summed E-state index contributed by atoms with van der Waals surface area (Å²) in [5.74, 6) is -0.125. The van der Waals surface area contributed by atoms with E-state index in [0.29, 0.717) is 13.1 Å². The first-order chi connectivity index (χ1) is 11.0. The van der Waals surface area contributed by atoms with Crippen LogP contribution >= 0.6 is 0 Å². The SMILES string of the molecule is CCCN(C/C=C/c1ccccc1)C(=O)C[C@H]1C=CS(=O)(=O)C1. The fourth-order valence-corrected chi connectivity index (χ4v) is 3.99. The number of carbonyl (C=O) groups excluding carboxylic acids is 1. The molecule has 1 aromatic carbocycles. The van der Waals surface area contributed by atoms with Crippen LogP contribution < -0.4 is 0 Å². The number of rotatable bonds is 7. The summed E-state index contributed by atoms with van der Waals surface area (Å²) >= 11 is 0. The second-order valence-electron chi connectivity index (χ2n) is 5.78. The summed E-state index contributed by atoms with van der Waals surface area (Å²) < 4.78 is 22.8. The molecule has 1 amide bonds. The van der Waals surface area contributed by atoms with Gasteiger partial charge in [0.2, 0.25) is 5.91 Å². The third kappa shape index (κ3) is 5.67. The van der Waals surface area contributed by atoms with E-state index >= 15 is 0 Å². The van der Waals surface area contributed by atoms with Gasteiger partial charge in [0.05, 0.1) is 5.75 Å². The Labute approximate surface area is 138 Å². The molecular weight excluding hydrogens is 310 g/mol. The van der Waals surface area contributed by atoms with Gasteiger partial charge in [0, 0.05) is 30.8 Å². The highest BCUT2D eigenvalue weighted by molar-refractivity contribution is 7.94. The Kier molecular flexibility index (Phi) is 6.16. The lowest BCUT2D eigenvalue weighted by Crippen LogP contribution is -2.33. The summed E-state index contributed by atoms with van der Waals surface area (Å²) in [4.78, 5) is 14.2. The number of benzene rings is 1. The Morgan fingerprint density at radius 1 is 1.30 bits per heavy atom. The van der Waals surface area contributed by atoms with Crippen molar-refractivity contribution in [3.8, 4) is 0 Å². The topological polar surface area (TPSA) is 54.5 Å². The number of amides is 1. The molecule has 0 N–H and O–H groups in total. The average molecular weight is 333 g/mol. The molecule has 0 unspecified atom stereocenters. The van der Waals surface area contributed by atoms with Crippen molar-refractivity contribution >= 4 is 21.8 Å². The monoisotopic (exact) mass is 333 g/mol. The van der Waals surface area contributed by atoms with Crippen LogP contribution in [0, 0.1) is 5.92 Å². The molecule has 5 heteroatoms. The van der Waals surface area contributed by atoms with Crippen LogP contribution in [0.1, 0.15) is 25.3 Å². The van der Waals surface area contributed by atoms with Crippen molar-refractivity contribution in [2.75, 3.05) is 18.8 Å². The van der Waals surface area contributed by atoms with E-state index in [0.717, 1.165) is 12.0 Å². The van der Waals surface area contributed by atoms with Crippen LogP contribution in [0.5, 0.6) is 0 Å². The number of sulfone groups is 1. The zero-order valence-electron chi connectivity index (χ0n) is 13.4. The van der Waals surface area contributed by atoms with Crippen LogP contribution in [-0.4, -0.2) is 38.1 Å². The van der Waals surface area contributed by atoms with E-state index in [2.05, 4.69) is 0 Å². The van der Waals surface area contributed by atoms with Crippen LogP contribution in [0.25, 0.3) is 6.08 Å². The molecular formula is C18H23NO3S. The maximum atomic E-state index is 12.4. The maximum absolute atomic E-state index is 12.4. The first kappa shape index (κ1) is 17.5. The Morgan fingerprint density at radius 2 is 2.04 bits per heavy atom. The minimum atomic E-state index is -3.10. The van der Waals surface area contributed by atoms with Gasteiger partial charge >= 0.3 is 0 Å². The van der Waals surface area contributed by atoms with Crippen molar-refractivity contribution < 1.29 is 13.2 Å². The molecule has 0 saturated heterocycles. The third-order valence-corrected chi connectivity index (χ3v) is 5.19. The molecule has 1 heterocycles. The van der Waals surface area contributed by atoms with Gasteiger partial charge in [0.15, 0.2) is 9.84 Å². The van der Waals surface area contributed by atoms with Gasteiger partial charge in [0.25, 0.3) is 0 Å². The molecule has 2 rings (SSSR count). The maximum Gasteiger partial charge on any atom is 0.223 e. The molecule has 1 aliphatic heterocycles. The van der Waals surface area contributed by atoms with Crippen molar-refractivity contribution in [3.63, 3.8) is 0 Å². The first-order valence-corrected chi connectivity index (χ1v) is 9.62. The molecule has 4 nitrogen and oxygen atoms in total. The summed E-state index contributed by atoms with van der Waals surface area (Å²) in [5, 5.41) is 1.23. The number of hydrogen-bond donors (Lipinski definition) is 0. The molecule has 0 spiro atoms. The van der Waals surface area contributed by atoms with Gasteiger partial charge in [0.1, 0.15) is 0 Å². The molecule has 124 valence electrons. The third-order valence-electron chi connectivity index (χ3n) is 3.72. The average Bonchev–Trinajstić information content (AvgIpc) is 2.86. The summed E-state index contributed by atoms with van der Waals surface area (Å²) in [6.07, 6.45) is 6.75. The van der Waals surface area contributed by atoms with E-state index in [1.807, 2.05) is 49.4 Å². The van der Waals surface area contributed by atoms with Gasteiger partial charge in [-0.1, -0.05) is 55.5 Å². The van der Waals surface area contributed by atoms with Crippen molar-refractivity contribution in [1.82, 2.24) is 4.90 Å². The lowest BCUT2D eigenvalue weighted by molar-refractivity contribution is -0.131. The Balaban J connectivity index is 1.91. The normalized spacial score (nSPS) is 19.3. The molecule has 0 fully saturated rings. The zero-order valence-corrected chi connectivity index (χ0v) is 14.2. The van der Waals surface area contributed by atoms with E-state index in [1.54, 1.807) is 11.0 Å². The van der Waals surface area contributed by atoms with Gasteiger partial charge in [-0.2, -0.15) is 0 Å². The van der Waals surface area contributed by atoms with Gasteiger partial charge in [-0.3, -0.25) is 4.79 Å². The highest BCUT2D eigenvalue weighted by Gasteiger charge is 2.25. The number of allylic oxidation sites excluding steroid dienone is 1.